The van der Waals surface area contributed by atoms with Crippen molar-refractivity contribution in [3.63, 3.8) is 0 Å². The lowest BCUT2D eigenvalue weighted by atomic mass is 9.78. The van der Waals surface area contributed by atoms with Crippen LogP contribution in [0.5, 0.6) is 0 Å². The van der Waals surface area contributed by atoms with Crippen molar-refractivity contribution in [2.45, 2.75) is 50.3 Å². The second-order valence-electron chi connectivity index (χ2n) is 5.18. The predicted molar refractivity (Wildman–Crippen MR) is 74.3 cm³/mol. The van der Waals surface area contributed by atoms with Crippen LogP contribution in [0, 0.1) is 5.92 Å². The maximum absolute atomic E-state index is 3.71. The summed E-state index contributed by atoms with van der Waals surface area (Å²) in [6.45, 7) is 4.62. The van der Waals surface area contributed by atoms with Crippen LogP contribution < -0.4 is 0 Å². The van der Waals surface area contributed by atoms with Crippen LogP contribution in [0.4, 0.5) is 0 Å². The van der Waals surface area contributed by atoms with E-state index in [0.717, 1.165) is 11.8 Å². The number of rotatable bonds is 3. The fraction of sp³-hybridized carbons (Fsp3) is 0.600. The molecular formula is C15H21Br. The largest absolute Gasteiger partial charge is 0.0891 e. The average Bonchev–Trinajstić information content (AvgIpc) is 2.29. The first-order valence-corrected chi connectivity index (χ1v) is 7.32. The summed E-state index contributed by atoms with van der Waals surface area (Å²) in [4.78, 5) is 0.626. The Morgan fingerprint density at radius 3 is 2.81 bits per heavy atom. The van der Waals surface area contributed by atoms with Crippen LogP contribution >= 0.6 is 15.9 Å². The van der Waals surface area contributed by atoms with E-state index in [-0.39, 0.29) is 0 Å². The van der Waals surface area contributed by atoms with Gasteiger partial charge in [0, 0.05) is 4.83 Å². The molecule has 1 aromatic carbocycles. The van der Waals surface area contributed by atoms with Gasteiger partial charge in [0.05, 0.1) is 0 Å². The highest BCUT2D eigenvalue weighted by atomic mass is 79.9. The number of benzene rings is 1. The van der Waals surface area contributed by atoms with Crippen molar-refractivity contribution in [3.8, 4) is 0 Å². The lowest BCUT2D eigenvalue weighted by molar-refractivity contribution is 0.426. The van der Waals surface area contributed by atoms with Crippen molar-refractivity contribution < 1.29 is 0 Å². The molecule has 0 fully saturated rings. The molecule has 1 aliphatic rings. The standard InChI is InChI=1S/C15H21Br/c1-11(12(2)16)10-14-8-5-7-13-6-3-4-9-15(13)14/h3-4,6,9,11-12,14H,5,7-8,10H2,1-2H3. The molecule has 1 aliphatic carbocycles. The third-order valence-corrected chi connectivity index (χ3v) is 4.84. The second kappa shape index (κ2) is 5.35. The van der Waals surface area contributed by atoms with Crippen LogP contribution in [-0.4, -0.2) is 4.83 Å². The van der Waals surface area contributed by atoms with E-state index in [1.807, 2.05) is 0 Å². The number of halogens is 1. The molecule has 1 heteroatoms. The summed E-state index contributed by atoms with van der Waals surface area (Å²) in [5, 5.41) is 0. The fourth-order valence-corrected chi connectivity index (χ4v) is 2.95. The Morgan fingerprint density at radius 2 is 2.06 bits per heavy atom. The molecule has 16 heavy (non-hydrogen) atoms. The SMILES string of the molecule is CC(Br)C(C)CC1CCCc2ccccc21. The molecule has 0 saturated carbocycles. The predicted octanol–water partition coefficient (Wildman–Crippen LogP) is 4.92. The zero-order valence-electron chi connectivity index (χ0n) is 10.2. The van der Waals surface area contributed by atoms with Gasteiger partial charge in [-0.25, -0.2) is 0 Å². The molecule has 88 valence electrons. The first-order chi connectivity index (χ1) is 7.68. The van der Waals surface area contributed by atoms with Gasteiger partial charge in [0.1, 0.15) is 0 Å². The number of alkyl halides is 1. The van der Waals surface area contributed by atoms with Crippen molar-refractivity contribution in [1.29, 1.82) is 0 Å². The van der Waals surface area contributed by atoms with E-state index in [1.165, 1.54) is 25.7 Å². The van der Waals surface area contributed by atoms with Crippen LogP contribution in [0.15, 0.2) is 24.3 Å². The van der Waals surface area contributed by atoms with E-state index in [9.17, 15) is 0 Å². The molecule has 0 nitrogen and oxygen atoms in total. The fourth-order valence-electron chi connectivity index (χ4n) is 2.74. The summed E-state index contributed by atoms with van der Waals surface area (Å²) in [6, 6.07) is 9.02. The van der Waals surface area contributed by atoms with Gasteiger partial charge in [0.15, 0.2) is 0 Å². The minimum absolute atomic E-state index is 0.626. The Bertz CT molecular complexity index is 343. The molecule has 0 aliphatic heterocycles. The highest BCUT2D eigenvalue weighted by Crippen LogP contribution is 2.37. The summed E-state index contributed by atoms with van der Waals surface area (Å²) in [7, 11) is 0. The monoisotopic (exact) mass is 280 g/mol. The molecule has 0 heterocycles. The number of fused-ring (bicyclic) bond motifs is 1. The van der Waals surface area contributed by atoms with Gasteiger partial charge < -0.3 is 0 Å². The molecule has 0 saturated heterocycles. The van der Waals surface area contributed by atoms with E-state index < -0.39 is 0 Å². The van der Waals surface area contributed by atoms with Crippen LogP contribution in [0.25, 0.3) is 0 Å². The molecule has 0 amide bonds. The lowest BCUT2D eigenvalue weighted by Crippen LogP contribution is -2.16. The smallest absolute Gasteiger partial charge is 0.0143 e. The topological polar surface area (TPSA) is 0 Å². The Hall–Kier alpha value is -0.300. The molecule has 0 spiro atoms. The second-order valence-corrected chi connectivity index (χ2v) is 6.62. The maximum atomic E-state index is 3.71. The van der Waals surface area contributed by atoms with Gasteiger partial charge in [-0.1, -0.05) is 54.0 Å². The van der Waals surface area contributed by atoms with Crippen molar-refractivity contribution in [2.24, 2.45) is 5.92 Å². The van der Waals surface area contributed by atoms with Gasteiger partial charge in [-0.15, -0.1) is 0 Å². The van der Waals surface area contributed by atoms with Crippen LogP contribution in [0.2, 0.25) is 0 Å². The molecule has 0 bridgehead atoms. The minimum atomic E-state index is 0.626. The molecule has 0 radical (unpaired) electrons. The van der Waals surface area contributed by atoms with E-state index in [2.05, 4.69) is 54.0 Å². The number of aryl methyl sites for hydroxylation is 1. The summed E-state index contributed by atoms with van der Waals surface area (Å²) < 4.78 is 0. The Morgan fingerprint density at radius 1 is 1.31 bits per heavy atom. The number of hydrogen-bond donors (Lipinski definition) is 0. The van der Waals surface area contributed by atoms with Crippen molar-refractivity contribution in [3.05, 3.63) is 35.4 Å². The van der Waals surface area contributed by atoms with Gasteiger partial charge in [-0.3, -0.25) is 0 Å². The third-order valence-electron chi connectivity index (χ3n) is 3.93. The molecule has 3 atom stereocenters. The molecular weight excluding hydrogens is 260 g/mol. The van der Waals surface area contributed by atoms with Gasteiger partial charge in [0.25, 0.3) is 0 Å². The molecule has 1 aromatic rings. The highest BCUT2D eigenvalue weighted by molar-refractivity contribution is 9.09. The summed E-state index contributed by atoms with van der Waals surface area (Å²) in [6.07, 6.45) is 5.35. The van der Waals surface area contributed by atoms with E-state index in [1.54, 1.807) is 11.1 Å². The van der Waals surface area contributed by atoms with Gasteiger partial charge in [-0.05, 0) is 48.6 Å². The van der Waals surface area contributed by atoms with Crippen LogP contribution in [0.3, 0.4) is 0 Å². The molecule has 3 unspecified atom stereocenters. The van der Waals surface area contributed by atoms with E-state index in [0.29, 0.717) is 4.83 Å². The maximum Gasteiger partial charge on any atom is 0.0143 e. The first kappa shape index (κ1) is 12.2. The Kier molecular flexibility index (Phi) is 4.07. The Labute approximate surface area is 108 Å². The lowest BCUT2D eigenvalue weighted by Gasteiger charge is -2.28. The van der Waals surface area contributed by atoms with Gasteiger partial charge in [0.2, 0.25) is 0 Å². The highest BCUT2D eigenvalue weighted by Gasteiger charge is 2.22. The normalized spacial score (nSPS) is 23.6. The zero-order chi connectivity index (χ0) is 11.5. The van der Waals surface area contributed by atoms with Crippen LogP contribution in [0.1, 0.15) is 50.2 Å². The summed E-state index contributed by atoms with van der Waals surface area (Å²) in [5.74, 6) is 1.55. The molecule has 0 aromatic heterocycles. The molecule has 2 rings (SSSR count). The van der Waals surface area contributed by atoms with Crippen molar-refractivity contribution >= 4 is 15.9 Å². The average molecular weight is 281 g/mol. The van der Waals surface area contributed by atoms with E-state index >= 15 is 0 Å². The van der Waals surface area contributed by atoms with Gasteiger partial charge in [-0.2, -0.15) is 0 Å². The summed E-state index contributed by atoms with van der Waals surface area (Å²) in [5.41, 5.74) is 3.21. The quantitative estimate of drug-likeness (QED) is 0.690. The molecule has 0 N–H and O–H groups in total. The van der Waals surface area contributed by atoms with Gasteiger partial charge >= 0.3 is 0 Å². The number of hydrogen-bond acceptors (Lipinski definition) is 0. The minimum Gasteiger partial charge on any atom is -0.0891 e. The van der Waals surface area contributed by atoms with Crippen molar-refractivity contribution in [2.75, 3.05) is 0 Å². The zero-order valence-corrected chi connectivity index (χ0v) is 11.8. The first-order valence-electron chi connectivity index (χ1n) is 6.40. The van der Waals surface area contributed by atoms with Crippen molar-refractivity contribution in [1.82, 2.24) is 0 Å². The third kappa shape index (κ3) is 2.68. The summed E-state index contributed by atoms with van der Waals surface area (Å²) >= 11 is 3.71. The van der Waals surface area contributed by atoms with Crippen LogP contribution in [-0.2, 0) is 6.42 Å². The Balaban J connectivity index is 2.13. The van der Waals surface area contributed by atoms with E-state index in [4.69, 9.17) is 0 Å².